The molecule has 20 heavy (non-hydrogen) atoms. The molecule has 0 aliphatic heterocycles. The minimum atomic E-state index is -3.52. The van der Waals surface area contributed by atoms with Gasteiger partial charge < -0.3 is 5.11 Å². The molecule has 1 saturated carbocycles. The van der Waals surface area contributed by atoms with Gasteiger partial charge in [0.15, 0.2) is 0 Å². The lowest BCUT2D eigenvalue weighted by molar-refractivity contribution is -0.00441. The van der Waals surface area contributed by atoms with Crippen LogP contribution in [0.1, 0.15) is 39.0 Å². The first kappa shape index (κ1) is 16.4. The highest BCUT2D eigenvalue weighted by Gasteiger charge is 2.34. The Morgan fingerprint density at radius 1 is 1.45 bits per heavy atom. The van der Waals surface area contributed by atoms with Crippen molar-refractivity contribution in [1.82, 2.24) is 4.72 Å². The fourth-order valence-corrected chi connectivity index (χ4v) is 5.72. The molecule has 0 amide bonds. The lowest BCUT2D eigenvalue weighted by atomic mass is 9.78. The van der Waals surface area contributed by atoms with Crippen LogP contribution in [0.4, 0.5) is 0 Å². The first-order valence-electron chi connectivity index (χ1n) is 6.82. The van der Waals surface area contributed by atoms with Crippen LogP contribution in [-0.4, -0.2) is 25.7 Å². The van der Waals surface area contributed by atoms with Gasteiger partial charge in [-0.3, -0.25) is 0 Å². The highest BCUT2D eigenvalue weighted by atomic mass is 79.9. The molecule has 114 valence electrons. The van der Waals surface area contributed by atoms with E-state index >= 15 is 0 Å². The molecule has 0 unspecified atom stereocenters. The van der Waals surface area contributed by atoms with E-state index in [4.69, 9.17) is 0 Å². The van der Waals surface area contributed by atoms with Crippen LogP contribution in [0.5, 0.6) is 0 Å². The number of thiophene rings is 1. The summed E-state index contributed by atoms with van der Waals surface area (Å²) in [6.45, 7) is 2.26. The minimum absolute atomic E-state index is 0.0985. The summed E-state index contributed by atoms with van der Waals surface area (Å²) in [5.41, 5.74) is -0.896. The van der Waals surface area contributed by atoms with E-state index in [0.29, 0.717) is 18.8 Å². The second kappa shape index (κ2) is 6.44. The Balaban J connectivity index is 1.95. The number of nitrogens with one attached hydrogen (secondary N) is 1. The van der Waals surface area contributed by atoms with Gasteiger partial charge in [-0.2, -0.15) is 0 Å². The smallest absolute Gasteiger partial charge is 0.250 e. The Labute approximate surface area is 132 Å². The van der Waals surface area contributed by atoms with E-state index in [1.807, 2.05) is 0 Å². The highest BCUT2D eigenvalue weighted by Crippen LogP contribution is 2.33. The van der Waals surface area contributed by atoms with Crippen LogP contribution in [-0.2, 0) is 10.0 Å². The van der Waals surface area contributed by atoms with Crippen molar-refractivity contribution in [1.29, 1.82) is 0 Å². The number of halogens is 1. The fraction of sp³-hybridized carbons (Fsp3) is 0.692. The van der Waals surface area contributed by atoms with Crippen LogP contribution in [0.2, 0.25) is 0 Å². The Morgan fingerprint density at radius 2 is 2.10 bits per heavy atom. The minimum Gasteiger partial charge on any atom is -0.389 e. The zero-order chi connectivity index (χ0) is 14.8. The summed E-state index contributed by atoms with van der Waals surface area (Å²) in [5, 5.41) is 10.5. The third-order valence-corrected chi connectivity index (χ3v) is 7.53. The molecule has 0 radical (unpaired) electrons. The Hall–Kier alpha value is 0.0500. The molecule has 0 aromatic carbocycles. The Kier molecular flexibility index (Phi) is 5.29. The van der Waals surface area contributed by atoms with E-state index in [1.54, 1.807) is 12.1 Å². The van der Waals surface area contributed by atoms with Crippen molar-refractivity contribution >= 4 is 37.3 Å². The van der Waals surface area contributed by atoms with Crippen LogP contribution in [0, 0.1) is 5.92 Å². The predicted molar refractivity (Wildman–Crippen MR) is 84.4 cm³/mol. The largest absolute Gasteiger partial charge is 0.389 e. The van der Waals surface area contributed by atoms with Crippen molar-refractivity contribution in [2.45, 2.75) is 48.8 Å². The van der Waals surface area contributed by atoms with Crippen LogP contribution in [0.25, 0.3) is 0 Å². The topological polar surface area (TPSA) is 66.4 Å². The quantitative estimate of drug-likeness (QED) is 0.822. The summed E-state index contributed by atoms with van der Waals surface area (Å²) in [6, 6.07) is 3.27. The molecule has 0 atom stereocenters. The average molecular weight is 382 g/mol. The normalized spacial score (nSPS) is 27.6. The van der Waals surface area contributed by atoms with E-state index in [1.165, 1.54) is 11.3 Å². The molecule has 4 nitrogen and oxygen atoms in total. The number of hydrogen-bond acceptors (Lipinski definition) is 4. The first-order chi connectivity index (χ1) is 9.35. The molecule has 1 heterocycles. The maximum atomic E-state index is 12.1. The monoisotopic (exact) mass is 381 g/mol. The fourth-order valence-electron chi connectivity index (χ4n) is 2.54. The van der Waals surface area contributed by atoms with Crippen LogP contribution >= 0.6 is 27.3 Å². The van der Waals surface area contributed by atoms with Crippen molar-refractivity contribution in [3.8, 4) is 0 Å². The molecular formula is C13H20BrNO3S2. The van der Waals surface area contributed by atoms with E-state index in [0.717, 1.165) is 23.0 Å². The van der Waals surface area contributed by atoms with E-state index in [-0.39, 0.29) is 10.8 Å². The average Bonchev–Trinajstić information content (AvgIpc) is 2.85. The number of aliphatic hydroxyl groups is 1. The number of rotatable bonds is 5. The summed E-state index contributed by atoms with van der Waals surface area (Å²) in [7, 11) is -3.52. The van der Waals surface area contributed by atoms with Crippen molar-refractivity contribution < 1.29 is 13.5 Å². The van der Waals surface area contributed by atoms with E-state index in [2.05, 4.69) is 27.6 Å². The predicted octanol–water partition coefficient (Wildman–Crippen LogP) is 3.12. The van der Waals surface area contributed by atoms with Gasteiger partial charge in [0.2, 0.25) is 10.0 Å². The van der Waals surface area contributed by atoms with Crippen molar-refractivity contribution in [3.63, 3.8) is 0 Å². The summed E-state index contributed by atoms with van der Waals surface area (Å²) in [6.07, 6.45) is 4.41. The maximum Gasteiger partial charge on any atom is 0.250 e. The zero-order valence-electron chi connectivity index (χ0n) is 11.4. The molecule has 7 heteroatoms. The van der Waals surface area contributed by atoms with Gasteiger partial charge in [-0.05, 0) is 59.7 Å². The second-order valence-electron chi connectivity index (χ2n) is 5.46. The Bertz CT molecular complexity index is 548. The SMILES string of the molecule is CCC1CCC(O)(CNS(=O)(=O)c2ccc(Br)s2)CC1. The van der Waals surface area contributed by atoms with Crippen LogP contribution in [0.3, 0.4) is 0 Å². The van der Waals surface area contributed by atoms with Crippen LogP contribution < -0.4 is 4.72 Å². The molecule has 1 fully saturated rings. The lowest BCUT2D eigenvalue weighted by Gasteiger charge is -2.35. The lowest BCUT2D eigenvalue weighted by Crippen LogP contribution is -2.45. The molecule has 1 aliphatic carbocycles. The van der Waals surface area contributed by atoms with E-state index < -0.39 is 15.6 Å². The van der Waals surface area contributed by atoms with Crippen molar-refractivity contribution in [2.75, 3.05) is 6.54 Å². The van der Waals surface area contributed by atoms with Gasteiger partial charge in [-0.25, -0.2) is 13.1 Å². The van der Waals surface area contributed by atoms with Crippen molar-refractivity contribution in [3.05, 3.63) is 15.9 Å². The molecule has 0 bridgehead atoms. The van der Waals surface area contributed by atoms with Gasteiger partial charge in [-0.15, -0.1) is 11.3 Å². The summed E-state index contributed by atoms with van der Waals surface area (Å²) < 4.78 is 27.8. The van der Waals surface area contributed by atoms with Crippen molar-refractivity contribution in [2.24, 2.45) is 5.92 Å². The second-order valence-corrected chi connectivity index (χ2v) is 9.92. The number of sulfonamides is 1. The molecule has 1 aromatic rings. The molecule has 2 N–H and O–H groups in total. The van der Waals surface area contributed by atoms with Gasteiger partial charge in [0, 0.05) is 6.54 Å². The third kappa shape index (κ3) is 4.04. The van der Waals surface area contributed by atoms with Gasteiger partial charge in [0.1, 0.15) is 4.21 Å². The van der Waals surface area contributed by atoms with Gasteiger partial charge in [-0.1, -0.05) is 13.3 Å². The molecule has 2 rings (SSSR count). The van der Waals surface area contributed by atoms with Gasteiger partial charge in [0.25, 0.3) is 0 Å². The maximum absolute atomic E-state index is 12.1. The highest BCUT2D eigenvalue weighted by molar-refractivity contribution is 9.11. The first-order valence-corrected chi connectivity index (χ1v) is 9.91. The third-order valence-electron chi connectivity index (χ3n) is 4.02. The summed E-state index contributed by atoms with van der Waals surface area (Å²) >= 11 is 4.42. The summed E-state index contributed by atoms with van der Waals surface area (Å²) in [5.74, 6) is 0.667. The van der Waals surface area contributed by atoms with Gasteiger partial charge in [0.05, 0.1) is 9.39 Å². The molecule has 0 spiro atoms. The Morgan fingerprint density at radius 3 is 2.60 bits per heavy atom. The zero-order valence-corrected chi connectivity index (χ0v) is 14.7. The summed E-state index contributed by atoms with van der Waals surface area (Å²) in [4.78, 5) is 0. The molecule has 1 aliphatic rings. The number of hydrogen-bond donors (Lipinski definition) is 2. The van der Waals surface area contributed by atoms with E-state index in [9.17, 15) is 13.5 Å². The molecule has 0 saturated heterocycles. The standard InChI is InChI=1S/C13H20BrNO3S2/c1-2-10-5-7-13(16,8-6-10)9-15-20(17,18)12-4-3-11(14)19-12/h3-4,10,15-16H,2,5-9H2,1H3. The van der Waals surface area contributed by atoms with Gasteiger partial charge >= 0.3 is 0 Å². The molecule has 1 aromatic heterocycles. The van der Waals surface area contributed by atoms with Crippen LogP contribution in [0.15, 0.2) is 20.1 Å². The molecular weight excluding hydrogens is 362 g/mol.